The first-order valence-electron chi connectivity index (χ1n) is 5.13. The molecule has 1 aliphatic rings. The molecule has 0 aliphatic carbocycles. The summed E-state index contributed by atoms with van der Waals surface area (Å²) < 4.78 is 0. The van der Waals surface area contributed by atoms with Gasteiger partial charge in [-0.25, -0.2) is 0 Å². The molecule has 1 rings (SSSR count). The third-order valence-electron chi connectivity index (χ3n) is 2.76. The zero-order chi connectivity index (χ0) is 9.84. The topological polar surface area (TPSA) is 15.3 Å². The van der Waals surface area contributed by atoms with Gasteiger partial charge in [0, 0.05) is 13.1 Å². The van der Waals surface area contributed by atoms with Gasteiger partial charge in [-0.3, -0.25) is 0 Å². The number of nitrogens with zero attached hydrogens (tertiary/aromatic N) is 1. The van der Waals surface area contributed by atoms with E-state index in [1.54, 1.807) is 0 Å². The van der Waals surface area contributed by atoms with Crippen molar-refractivity contribution in [2.24, 2.45) is 11.8 Å². The average molecular weight is 182 g/mol. The fourth-order valence-corrected chi connectivity index (χ4v) is 2.03. The highest BCUT2D eigenvalue weighted by Gasteiger charge is 2.23. The number of hydrogen-bond donors (Lipinski definition) is 1. The van der Waals surface area contributed by atoms with E-state index in [1.165, 1.54) is 25.2 Å². The zero-order valence-electron chi connectivity index (χ0n) is 9.14. The highest BCUT2D eigenvalue weighted by molar-refractivity contribution is 4.92. The van der Waals surface area contributed by atoms with Crippen LogP contribution in [0.15, 0.2) is 12.2 Å². The third kappa shape index (κ3) is 3.49. The molecule has 0 aromatic rings. The van der Waals surface area contributed by atoms with Gasteiger partial charge in [0.05, 0.1) is 0 Å². The second-order valence-corrected chi connectivity index (χ2v) is 4.55. The van der Waals surface area contributed by atoms with Crippen LogP contribution in [0.5, 0.6) is 0 Å². The van der Waals surface area contributed by atoms with Crippen molar-refractivity contribution in [3.8, 4) is 0 Å². The van der Waals surface area contributed by atoms with Gasteiger partial charge in [0.25, 0.3) is 0 Å². The summed E-state index contributed by atoms with van der Waals surface area (Å²) in [4.78, 5) is 2.37. The Morgan fingerprint density at radius 2 is 2.23 bits per heavy atom. The van der Waals surface area contributed by atoms with Crippen molar-refractivity contribution in [2.45, 2.75) is 13.8 Å². The van der Waals surface area contributed by atoms with Crippen LogP contribution in [0.2, 0.25) is 0 Å². The lowest BCUT2D eigenvalue weighted by Crippen LogP contribution is -2.30. The summed E-state index contributed by atoms with van der Waals surface area (Å²) in [6.45, 7) is 12.9. The van der Waals surface area contributed by atoms with Gasteiger partial charge >= 0.3 is 0 Å². The highest BCUT2D eigenvalue weighted by Crippen LogP contribution is 2.16. The van der Waals surface area contributed by atoms with E-state index in [1.807, 2.05) is 0 Å². The minimum Gasteiger partial charge on any atom is -0.316 e. The van der Waals surface area contributed by atoms with Gasteiger partial charge < -0.3 is 10.2 Å². The molecule has 0 bridgehead atoms. The minimum atomic E-state index is 0.823. The summed E-state index contributed by atoms with van der Waals surface area (Å²) in [6, 6.07) is 0. The van der Waals surface area contributed by atoms with Gasteiger partial charge in [-0.2, -0.15) is 0 Å². The Balaban J connectivity index is 2.26. The Labute approximate surface area is 82.0 Å². The van der Waals surface area contributed by atoms with Gasteiger partial charge in [-0.15, -0.1) is 0 Å². The van der Waals surface area contributed by atoms with Crippen molar-refractivity contribution in [2.75, 3.05) is 33.2 Å². The van der Waals surface area contributed by atoms with E-state index in [4.69, 9.17) is 0 Å². The molecule has 0 aromatic carbocycles. The SMILES string of the molecule is C=C(C)CN(C)C[C@@H]1CNC[C@H]1C. The number of likely N-dealkylation sites (N-methyl/N-ethyl adjacent to an activating group) is 1. The second kappa shape index (κ2) is 4.77. The standard InChI is InChI=1S/C11H22N2/c1-9(2)7-13(4)8-11-6-12-5-10(11)3/h10-12H,1,5-8H2,2-4H3/t10-,11+/m1/s1. The molecule has 1 N–H and O–H groups in total. The summed E-state index contributed by atoms with van der Waals surface area (Å²) in [7, 11) is 2.18. The monoisotopic (exact) mass is 182 g/mol. The van der Waals surface area contributed by atoms with Gasteiger partial charge in [0.15, 0.2) is 0 Å². The maximum atomic E-state index is 3.93. The molecule has 0 unspecified atom stereocenters. The van der Waals surface area contributed by atoms with Crippen LogP contribution in [0.25, 0.3) is 0 Å². The van der Waals surface area contributed by atoms with Crippen molar-refractivity contribution in [3.05, 3.63) is 12.2 Å². The molecule has 1 aliphatic heterocycles. The maximum absolute atomic E-state index is 3.93. The normalized spacial score (nSPS) is 28.3. The highest BCUT2D eigenvalue weighted by atomic mass is 15.1. The van der Waals surface area contributed by atoms with E-state index in [2.05, 4.69) is 37.7 Å². The largest absolute Gasteiger partial charge is 0.316 e. The van der Waals surface area contributed by atoms with Gasteiger partial charge in [0.1, 0.15) is 0 Å². The Morgan fingerprint density at radius 1 is 1.54 bits per heavy atom. The molecule has 0 spiro atoms. The van der Waals surface area contributed by atoms with E-state index >= 15 is 0 Å². The van der Waals surface area contributed by atoms with Crippen LogP contribution in [0, 0.1) is 11.8 Å². The molecule has 1 fully saturated rings. The van der Waals surface area contributed by atoms with E-state index in [0.717, 1.165) is 18.4 Å². The Morgan fingerprint density at radius 3 is 2.69 bits per heavy atom. The Bertz CT molecular complexity index is 177. The Kier molecular flexibility index (Phi) is 3.94. The van der Waals surface area contributed by atoms with Crippen molar-refractivity contribution >= 4 is 0 Å². The maximum Gasteiger partial charge on any atom is 0.0184 e. The summed E-state index contributed by atoms with van der Waals surface area (Å²) in [5, 5.41) is 3.43. The molecule has 1 saturated heterocycles. The lowest BCUT2D eigenvalue weighted by Gasteiger charge is -2.22. The molecular formula is C11H22N2. The number of rotatable bonds is 4. The smallest absolute Gasteiger partial charge is 0.0184 e. The zero-order valence-corrected chi connectivity index (χ0v) is 9.14. The Hall–Kier alpha value is -0.340. The summed E-state index contributed by atoms with van der Waals surface area (Å²) >= 11 is 0. The van der Waals surface area contributed by atoms with Crippen molar-refractivity contribution < 1.29 is 0 Å². The van der Waals surface area contributed by atoms with Crippen LogP contribution >= 0.6 is 0 Å². The van der Waals surface area contributed by atoms with E-state index in [-0.39, 0.29) is 0 Å². The van der Waals surface area contributed by atoms with Gasteiger partial charge in [0.2, 0.25) is 0 Å². The van der Waals surface area contributed by atoms with Crippen LogP contribution in [0.1, 0.15) is 13.8 Å². The molecule has 1 heterocycles. The van der Waals surface area contributed by atoms with E-state index in [0.29, 0.717) is 0 Å². The number of hydrogen-bond acceptors (Lipinski definition) is 2. The van der Waals surface area contributed by atoms with Gasteiger partial charge in [-0.1, -0.05) is 19.1 Å². The first-order chi connectivity index (χ1) is 6.09. The number of nitrogens with one attached hydrogen (secondary N) is 1. The quantitative estimate of drug-likeness (QED) is 0.660. The van der Waals surface area contributed by atoms with Crippen LogP contribution < -0.4 is 5.32 Å². The van der Waals surface area contributed by atoms with Crippen molar-refractivity contribution in [1.82, 2.24) is 10.2 Å². The predicted octanol–water partition coefficient (Wildman–Crippen LogP) is 1.35. The molecule has 0 radical (unpaired) electrons. The van der Waals surface area contributed by atoms with Crippen LogP contribution in [0.3, 0.4) is 0 Å². The minimum absolute atomic E-state index is 0.823. The summed E-state index contributed by atoms with van der Waals surface area (Å²) in [6.07, 6.45) is 0. The lowest BCUT2D eigenvalue weighted by atomic mass is 9.98. The summed E-state index contributed by atoms with van der Waals surface area (Å²) in [5.74, 6) is 1.65. The van der Waals surface area contributed by atoms with Crippen molar-refractivity contribution in [1.29, 1.82) is 0 Å². The molecule has 2 nitrogen and oxygen atoms in total. The van der Waals surface area contributed by atoms with E-state index < -0.39 is 0 Å². The predicted molar refractivity (Wildman–Crippen MR) is 57.8 cm³/mol. The molecule has 13 heavy (non-hydrogen) atoms. The molecule has 76 valence electrons. The van der Waals surface area contributed by atoms with Crippen molar-refractivity contribution in [3.63, 3.8) is 0 Å². The molecule has 0 aromatic heterocycles. The van der Waals surface area contributed by atoms with Crippen LogP contribution in [-0.4, -0.2) is 38.1 Å². The molecule has 0 amide bonds. The van der Waals surface area contributed by atoms with E-state index in [9.17, 15) is 0 Å². The fourth-order valence-electron chi connectivity index (χ4n) is 2.03. The summed E-state index contributed by atoms with van der Waals surface area (Å²) in [5.41, 5.74) is 1.25. The molecule has 2 atom stereocenters. The molecule has 0 saturated carbocycles. The molecular weight excluding hydrogens is 160 g/mol. The third-order valence-corrected chi connectivity index (χ3v) is 2.76. The van der Waals surface area contributed by atoms with Gasteiger partial charge in [-0.05, 0) is 38.9 Å². The average Bonchev–Trinajstić information content (AvgIpc) is 2.34. The first kappa shape index (κ1) is 10.7. The first-order valence-corrected chi connectivity index (χ1v) is 5.13. The fraction of sp³-hybridized carbons (Fsp3) is 0.818. The van der Waals surface area contributed by atoms with Crippen LogP contribution in [-0.2, 0) is 0 Å². The van der Waals surface area contributed by atoms with Crippen LogP contribution in [0.4, 0.5) is 0 Å². The lowest BCUT2D eigenvalue weighted by molar-refractivity contribution is 0.275. The molecule has 2 heteroatoms. The second-order valence-electron chi connectivity index (χ2n) is 4.55.